The lowest BCUT2D eigenvalue weighted by atomic mass is 10.2. The van der Waals surface area contributed by atoms with Crippen LogP contribution in [0.4, 0.5) is 5.69 Å². The van der Waals surface area contributed by atoms with Crippen molar-refractivity contribution < 1.29 is 14.8 Å². The molecule has 2 rings (SSSR count). The second-order valence-electron chi connectivity index (χ2n) is 4.50. The van der Waals surface area contributed by atoms with E-state index in [1.807, 2.05) is 10.8 Å². The molecule has 1 amide bonds. The fourth-order valence-corrected chi connectivity index (χ4v) is 2.42. The zero-order chi connectivity index (χ0) is 15.9. The lowest BCUT2D eigenvalue weighted by Gasteiger charge is -2.08. The normalized spacial score (nSPS) is 12.2. The van der Waals surface area contributed by atoms with Crippen LogP contribution >= 0.6 is 11.3 Å². The molecule has 0 radical (unpaired) electrons. The molecule has 0 saturated carbocycles. The Balaban J connectivity index is 1.84. The number of rotatable bonds is 6. The van der Waals surface area contributed by atoms with Crippen LogP contribution in [0.25, 0.3) is 6.08 Å². The summed E-state index contributed by atoms with van der Waals surface area (Å²) in [5.74, 6) is -0.340. The van der Waals surface area contributed by atoms with Crippen molar-refractivity contribution in [3.05, 3.63) is 68.4 Å². The van der Waals surface area contributed by atoms with Gasteiger partial charge in [-0.15, -0.1) is 0 Å². The molecule has 0 aliphatic carbocycles. The summed E-state index contributed by atoms with van der Waals surface area (Å²) in [6, 6.07) is 7.66. The van der Waals surface area contributed by atoms with Crippen LogP contribution in [0.5, 0.6) is 0 Å². The first-order chi connectivity index (χ1) is 10.6. The molecule has 0 aliphatic rings. The third-order valence-corrected chi connectivity index (χ3v) is 3.63. The Kier molecular flexibility index (Phi) is 5.40. The summed E-state index contributed by atoms with van der Waals surface area (Å²) in [7, 11) is 0. The van der Waals surface area contributed by atoms with Gasteiger partial charge in [0.15, 0.2) is 0 Å². The summed E-state index contributed by atoms with van der Waals surface area (Å²) in [5.41, 5.74) is 1.45. The Morgan fingerprint density at radius 3 is 2.68 bits per heavy atom. The maximum absolute atomic E-state index is 11.7. The Morgan fingerprint density at radius 2 is 2.09 bits per heavy atom. The van der Waals surface area contributed by atoms with Crippen molar-refractivity contribution in [2.75, 3.05) is 6.54 Å². The number of aliphatic hydroxyl groups is 1. The highest BCUT2D eigenvalue weighted by atomic mass is 32.1. The number of aliphatic hydroxyl groups excluding tert-OH is 1. The first-order valence-electron chi connectivity index (χ1n) is 6.47. The van der Waals surface area contributed by atoms with Crippen molar-refractivity contribution in [3.63, 3.8) is 0 Å². The summed E-state index contributed by atoms with van der Waals surface area (Å²) in [6.45, 7) is 0.125. The number of nitro groups is 1. The van der Waals surface area contributed by atoms with Crippen molar-refractivity contribution in [2.24, 2.45) is 0 Å². The quantitative estimate of drug-likeness (QED) is 0.486. The monoisotopic (exact) mass is 318 g/mol. The Hall–Kier alpha value is -2.51. The molecule has 2 aromatic rings. The van der Waals surface area contributed by atoms with Gasteiger partial charge in [-0.2, -0.15) is 11.3 Å². The van der Waals surface area contributed by atoms with E-state index in [9.17, 15) is 20.0 Å². The SMILES string of the molecule is O=C(/C=C/c1ccc([N+](=O)[O-])cc1)NCC(O)c1ccsc1. The van der Waals surface area contributed by atoms with Crippen LogP contribution in [0.3, 0.4) is 0 Å². The lowest BCUT2D eigenvalue weighted by Crippen LogP contribution is -2.26. The van der Waals surface area contributed by atoms with Crippen LogP contribution in [-0.4, -0.2) is 22.5 Å². The molecule has 0 fully saturated rings. The van der Waals surface area contributed by atoms with E-state index in [2.05, 4.69) is 5.32 Å². The number of nitro benzene ring substituents is 1. The zero-order valence-electron chi connectivity index (χ0n) is 11.5. The first kappa shape index (κ1) is 15.9. The van der Waals surface area contributed by atoms with Crippen LogP contribution in [0, 0.1) is 10.1 Å². The fourth-order valence-electron chi connectivity index (χ4n) is 1.72. The minimum atomic E-state index is -0.733. The summed E-state index contributed by atoms with van der Waals surface area (Å²) >= 11 is 1.48. The topological polar surface area (TPSA) is 92.5 Å². The second kappa shape index (κ2) is 7.48. The number of carbonyl (C=O) groups is 1. The van der Waals surface area contributed by atoms with Crippen molar-refractivity contribution in [1.29, 1.82) is 0 Å². The van der Waals surface area contributed by atoms with Crippen molar-refractivity contribution in [1.82, 2.24) is 5.32 Å². The molecule has 6 nitrogen and oxygen atoms in total. The number of hydrogen-bond donors (Lipinski definition) is 2. The van der Waals surface area contributed by atoms with Gasteiger partial charge in [0.25, 0.3) is 5.69 Å². The van der Waals surface area contributed by atoms with Gasteiger partial charge in [0.2, 0.25) is 5.91 Å². The highest BCUT2D eigenvalue weighted by Crippen LogP contribution is 2.15. The molecule has 1 aromatic carbocycles. The smallest absolute Gasteiger partial charge is 0.269 e. The van der Waals surface area contributed by atoms with E-state index in [1.54, 1.807) is 24.3 Å². The third-order valence-electron chi connectivity index (χ3n) is 2.93. The Labute approximate surface area is 130 Å². The van der Waals surface area contributed by atoms with Gasteiger partial charge < -0.3 is 10.4 Å². The second-order valence-corrected chi connectivity index (χ2v) is 5.28. The van der Waals surface area contributed by atoms with E-state index in [-0.39, 0.29) is 18.1 Å². The Bertz CT molecular complexity index is 665. The third kappa shape index (κ3) is 4.51. The van der Waals surface area contributed by atoms with E-state index in [1.165, 1.54) is 29.5 Å². The maximum atomic E-state index is 11.7. The number of carbonyl (C=O) groups excluding carboxylic acids is 1. The van der Waals surface area contributed by atoms with Gasteiger partial charge >= 0.3 is 0 Å². The number of nitrogens with zero attached hydrogens (tertiary/aromatic N) is 1. The predicted octanol–water partition coefficient (Wildman–Crippen LogP) is 2.52. The van der Waals surface area contributed by atoms with E-state index in [0.29, 0.717) is 5.56 Å². The molecule has 7 heteroatoms. The van der Waals surface area contributed by atoms with E-state index >= 15 is 0 Å². The molecule has 0 bridgehead atoms. The first-order valence-corrected chi connectivity index (χ1v) is 7.41. The van der Waals surface area contributed by atoms with Crippen LogP contribution in [-0.2, 0) is 4.79 Å². The molecule has 1 atom stereocenters. The number of non-ortho nitro benzene ring substituents is 1. The molecule has 1 aromatic heterocycles. The molecule has 0 aliphatic heterocycles. The number of hydrogen-bond acceptors (Lipinski definition) is 5. The van der Waals surface area contributed by atoms with Gasteiger partial charge in [-0.05, 0) is 46.2 Å². The largest absolute Gasteiger partial charge is 0.387 e. The minimum Gasteiger partial charge on any atom is -0.387 e. The molecular weight excluding hydrogens is 304 g/mol. The van der Waals surface area contributed by atoms with Gasteiger partial charge in [-0.1, -0.05) is 0 Å². The van der Waals surface area contributed by atoms with E-state index < -0.39 is 11.0 Å². The highest BCUT2D eigenvalue weighted by Gasteiger charge is 2.08. The molecule has 22 heavy (non-hydrogen) atoms. The summed E-state index contributed by atoms with van der Waals surface area (Å²) in [4.78, 5) is 21.7. The lowest BCUT2D eigenvalue weighted by molar-refractivity contribution is -0.384. The number of nitrogens with one attached hydrogen (secondary N) is 1. The number of thiophene rings is 1. The van der Waals surface area contributed by atoms with Crippen LogP contribution in [0.2, 0.25) is 0 Å². The van der Waals surface area contributed by atoms with Crippen LogP contribution in [0.1, 0.15) is 17.2 Å². The molecule has 0 spiro atoms. The number of amides is 1. The van der Waals surface area contributed by atoms with Crippen molar-refractivity contribution in [2.45, 2.75) is 6.10 Å². The van der Waals surface area contributed by atoms with E-state index in [4.69, 9.17) is 0 Å². The van der Waals surface area contributed by atoms with Gasteiger partial charge in [0.05, 0.1) is 11.0 Å². The average Bonchev–Trinajstić information content (AvgIpc) is 3.05. The summed E-state index contributed by atoms with van der Waals surface area (Å²) < 4.78 is 0. The van der Waals surface area contributed by atoms with Gasteiger partial charge in [-0.3, -0.25) is 14.9 Å². The van der Waals surface area contributed by atoms with Crippen LogP contribution < -0.4 is 5.32 Å². The Morgan fingerprint density at radius 1 is 1.36 bits per heavy atom. The van der Waals surface area contributed by atoms with Crippen molar-refractivity contribution in [3.8, 4) is 0 Å². The predicted molar refractivity (Wildman–Crippen MR) is 84.4 cm³/mol. The average molecular weight is 318 g/mol. The highest BCUT2D eigenvalue weighted by molar-refractivity contribution is 7.07. The fraction of sp³-hybridized carbons (Fsp3) is 0.133. The van der Waals surface area contributed by atoms with Crippen molar-refractivity contribution >= 4 is 29.0 Å². The molecular formula is C15H14N2O4S. The van der Waals surface area contributed by atoms with Gasteiger partial charge in [0, 0.05) is 24.8 Å². The van der Waals surface area contributed by atoms with Crippen LogP contribution in [0.15, 0.2) is 47.2 Å². The van der Waals surface area contributed by atoms with Gasteiger partial charge in [-0.25, -0.2) is 0 Å². The van der Waals surface area contributed by atoms with E-state index in [0.717, 1.165) is 5.56 Å². The standard InChI is InChI=1S/C15H14N2O4S/c18-14(12-7-8-22-10-12)9-16-15(19)6-3-11-1-4-13(5-2-11)17(20)21/h1-8,10,14,18H,9H2,(H,16,19)/b6-3+. The number of benzene rings is 1. The molecule has 114 valence electrons. The zero-order valence-corrected chi connectivity index (χ0v) is 12.3. The molecule has 1 unspecified atom stereocenters. The minimum absolute atomic E-state index is 0.000451. The molecule has 2 N–H and O–H groups in total. The summed E-state index contributed by atoms with van der Waals surface area (Å²) in [5, 5.41) is 26.6. The molecule has 0 saturated heterocycles. The molecule has 1 heterocycles. The summed E-state index contributed by atoms with van der Waals surface area (Å²) in [6.07, 6.45) is 2.14. The van der Waals surface area contributed by atoms with Gasteiger partial charge in [0.1, 0.15) is 0 Å². The maximum Gasteiger partial charge on any atom is 0.269 e.